The summed E-state index contributed by atoms with van der Waals surface area (Å²) in [6.07, 6.45) is 1.80. The van der Waals surface area contributed by atoms with Crippen molar-refractivity contribution >= 4 is 0 Å². The lowest BCUT2D eigenvalue weighted by atomic mass is 9.92. The second kappa shape index (κ2) is 3.77. The molecule has 0 saturated heterocycles. The predicted molar refractivity (Wildman–Crippen MR) is 54.1 cm³/mol. The molecular formula is C11H17NO. The molecule has 0 aliphatic heterocycles. The highest BCUT2D eigenvalue weighted by Crippen LogP contribution is 2.23. The van der Waals surface area contributed by atoms with E-state index in [1.807, 2.05) is 19.1 Å². The van der Waals surface area contributed by atoms with E-state index in [-0.39, 0.29) is 5.41 Å². The fraction of sp³-hybridized carbons (Fsp3) is 0.545. The van der Waals surface area contributed by atoms with Crippen LogP contribution < -0.4 is 4.74 Å². The van der Waals surface area contributed by atoms with E-state index in [0.717, 1.165) is 11.4 Å². The molecule has 2 nitrogen and oxygen atoms in total. The number of hydrogen-bond donors (Lipinski definition) is 0. The Kier molecular flexibility index (Phi) is 2.91. The molecule has 1 aromatic rings. The summed E-state index contributed by atoms with van der Waals surface area (Å²) in [6.45, 7) is 9.12. The number of hydrogen-bond acceptors (Lipinski definition) is 2. The van der Waals surface area contributed by atoms with Crippen molar-refractivity contribution < 1.29 is 4.74 Å². The summed E-state index contributed by atoms with van der Waals surface area (Å²) in [7, 11) is 0. The summed E-state index contributed by atoms with van der Waals surface area (Å²) in [5.74, 6) is 0.905. The van der Waals surface area contributed by atoms with E-state index < -0.39 is 0 Å². The predicted octanol–water partition coefficient (Wildman–Crippen LogP) is 2.78. The van der Waals surface area contributed by atoms with Crippen LogP contribution in [0.2, 0.25) is 0 Å². The Morgan fingerprint density at radius 1 is 1.38 bits per heavy atom. The van der Waals surface area contributed by atoms with Crippen molar-refractivity contribution in [2.24, 2.45) is 0 Å². The summed E-state index contributed by atoms with van der Waals surface area (Å²) in [5.41, 5.74) is 1.16. The van der Waals surface area contributed by atoms with Gasteiger partial charge in [-0.05, 0) is 13.0 Å². The first-order valence-electron chi connectivity index (χ1n) is 4.63. The Morgan fingerprint density at radius 3 is 2.62 bits per heavy atom. The van der Waals surface area contributed by atoms with Gasteiger partial charge in [0.05, 0.1) is 6.61 Å². The second-order valence-electron chi connectivity index (χ2n) is 4.06. The van der Waals surface area contributed by atoms with Crippen molar-refractivity contribution in [1.82, 2.24) is 4.98 Å². The maximum Gasteiger partial charge on any atom is 0.122 e. The quantitative estimate of drug-likeness (QED) is 0.696. The molecule has 0 unspecified atom stereocenters. The number of aromatic nitrogens is 1. The summed E-state index contributed by atoms with van der Waals surface area (Å²) in [5, 5.41) is 0. The molecule has 1 aromatic heterocycles. The van der Waals surface area contributed by atoms with Crippen LogP contribution in [0.15, 0.2) is 18.3 Å². The molecule has 0 bridgehead atoms. The van der Waals surface area contributed by atoms with Gasteiger partial charge in [0, 0.05) is 23.4 Å². The van der Waals surface area contributed by atoms with Crippen molar-refractivity contribution in [3.63, 3.8) is 0 Å². The van der Waals surface area contributed by atoms with Crippen LogP contribution >= 0.6 is 0 Å². The zero-order valence-electron chi connectivity index (χ0n) is 8.79. The van der Waals surface area contributed by atoms with Crippen molar-refractivity contribution in [1.29, 1.82) is 0 Å². The Morgan fingerprint density at radius 2 is 2.08 bits per heavy atom. The third-order valence-corrected chi connectivity index (χ3v) is 1.81. The molecule has 0 aliphatic rings. The number of nitrogens with zero attached hydrogens (tertiary/aromatic N) is 1. The van der Waals surface area contributed by atoms with Gasteiger partial charge in [0.2, 0.25) is 0 Å². The van der Waals surface area contributed by atoms with Gasteiger partial charge >= 0.3 is 0 Å². The van der Waals surface area contributed by atoms with E-state index >= 15 is 0 Å². The molecule has 1 rings (SSSR count). The molecule has 2 heteroatoms. The minimum absolute atomic E-state index is 0.0904. The molecule has 0 fully saturated rings. The monoisotopic (exact) mass is 179 g/mol. The van der Waals surface area contributed by atoms with Crippen LogP contribution in [0.3, 0.4) is 0 Å². The normalized spacial score (nSPS) is 11.4. The van der Waals surface area contributed by atoms with Crippen LogP contribution in [0.5, 0.6) is 5.75 Å². The van der Waals surface area contributed by atoms with E-state index in [9.17, 15) is 0 Å². The van der Waals surface area contributed by atoms with Gasteiger partial charge < -0.3 is 4.74 Å². The van der Waals surface area contributed by atoms with Crippen LogP contribution in [0, 0.1) is 0 Å². The molecule has 0 saturated carbocycles. The summed E-state index contributed by atoms with van der Waals surface area (Å²) < 4.78 is 5.40. The zero-order valence-corrected chi connectivity index (χ0v) is 8.79. The summed E-state index contributed by atoms with van der Waals surface area (Å²) in [6, 6.07) is 3.89. The minimum atomic E-state index is 0.0904. The van der Waals surface area contributed by atoms with Gasteiger partial charge in [-0.25, -0.2) is 0 Å². The first-order chi connectivity index (χ1) is 6.04. The van der Waals surface area contributed by atoms with Gasteiger partial charge in [-0.3, -0.25) is 4.98 Å². The maximum absolute atomic E-state index is 5.40. The lowest BCUT2D eigenvalue weighted by Crippen LogP contribution is -2.13. The molecule has 72 valence electrons. The van der Waals surface area contributed by atoms with Crippen LogP contribution in [0.25, 0.3) is 0 Å². The Bertz CT molecular complexity index is 276. The highest BCUT2D eigenvalue weighted by Gasteiger charge is 2.15. The van der Waals surface area contributed by atoms with E-state index in [0.29, 0.717) is 6.61 Å². The first-order valence-corrected chi connectivity index (χ1v) is 4.63. The first kappa shape index (κ1) is 10.0. The topological polar surface area (TPSA) is 22.1 Å². The van der Waals surface area contributed by atoms with Crippen LogP contribution in [0.1, 0.15) is 33.4 Å². The van der Waals surface area contributed by atoms with E-state index in [4.69, 9.17) is 4.74 Å². The zero-order chi connectivity index (χ0) is 9.90. The number of pyridine rings is 1. The highest BCUT2D eigenvalue weighted by molar-refractivity contribution is 5.26. The molecule has 0 aromatic carbocycles. The average molecular weight is 179 g/mol. The Hall–Kier alpha value is -1.05. The van der Waals surface area contributed by atoms with E-state index in [1.54, 1.807) is 6.20 Å². The van der Waals surface area contributed by atoms with Crippen LogP contribution in [-0.4, -0.2) is 11.6 Å². The molecule has 0 N–H and O–H groups in total. The van der Waals surface area contributed by atoms with E-state index in [1.165, 1.54) is 0 Å². The van der Waals surface area contributed by atoms with Gasteiger partial charge in [-0.1, -0.05) is 20.8 Å². The molecule has 0 atom stereocenters. The van der Waals surface area contributed by atoms with Crippen LogP contribution in [-0.2, 0) is 5.41 Å². The standard InChI is InChI=1S/C11H17NO/c1-5-13-9-6-7-12-10(8-9)11(2,3)4/h6-8H,5H2,1-4H3. The van der Waals surface area contributed by atoms with Gasteiger partial charge in [0.25, 0.3) is 0 Å². The fourth-order valence-electron chi connectivity index (χ4n) is 1.08. The molecule has 13 heavy (non-hydrogen) atoms. The minimum Gasteiger partial charge on any atom is -0.494 e. The smallest absolute Gasteiger partial charge is 0.122 e. The van der Waals surface area contributed by atoms with Gasteiger partial charge in [0.15, 0.2) is 0 Å². The Labute approximate surface area is 80.0 Å². The van der Waals surface area contributed by atoms with Gasteiger partial charge in [-0.2, -0.15) is 0 Å². The fourth-order valence-corrected chi connectivity index (χ4v) is 1.08. The lowest BCUT2D eigenvalue weighted by molar-refractivity contribution is 0.338. The van der Waals surface area contributed by atoms with Gasteiger partial charge in [-0.15, -0.1) is 0 Å². The summed E-state index contributed by atoms with van der Waals surface area (Å²) in [4.78, 5) is 4.31. The molecule has 0 radical (unpaired) electrons. The SMILES string of the molecule is CCOc1ccnc(C(C)(C)C)c1. The second-order valence-corrected chi connectivity index (χ2v) is 4.06. The highest BCUT2D eigenvalue weighted by atomic mass is 16.5. The largest absolute Gasteiger partial charge is 0.494 e. The van der Waals surface area contributed by atoms with Crippen LogP contribution in [0.4, 0.5) is 0 Å². The van der Waals surface area contributed by atoms with Gasteiger partial charge in [0.1, 0.15) is 5.75 Å². The van der Waals surface area contributed by atoms with Crippen molar-refractivity contribution in [3.05, 3.63) is 24.0 Å². The Balaban J connectivity index is 2.92. The lowest BCUT2D eigenvalue weighted by Gasteiger charge is -2.18. The maximum atomic E-state index is 5.40. The molecule has 1 heterocycles. The third-order valence-electron chi connectivity index (χ3n) is 1.81. The van der Waals surface area contributed by atoms with E-state index in [2.05, 4.69) is 25.8 Å². The van der Waals surface area contributed by atoms with Crippen molar-refractivity contribution in [2.45, 2.75) is 33.1 Å². The number of ether oxygens (including phenoxy) is 1. The number of rotatable bonds is 2. The molecule has 0 spiro atoms. The van der Waals surface area contributed by atoms with Crippen molar-refractivity contribution in [3.8, 4) is 5.75 Å². The third kappa shape index (κ3) is 2.72. The average Bonchev–Trinajstić information content (AvgIpc) is 2.04. The molecule has 0 aliphatic carbocycles. The molecule has 0 amide bonds. The molecular weight excluding hydrogens is 162 g/mol. The van der Waals surface area contributed by atoms with Crippen molar-refractivity contribution in [2.75, 3.05) is 6.61 Å². The summed E-state index contributed by atoms with van der Waals surface area (Å²) >= 11 is 0.